The Morgan fingerprint density at radius 3 is 2.56 bits per heavy atom. The minimum absolute atomic E-state index is 0.0371. The summed E-state index contributed by atoms with van der Waals surface area (Å²) >= 11 is 0.965. The number of benzene rings is 1. The van der Waals surface area contributed by atoms with E-state index in [1.54, 1.807) is 31.4 Å². The van der Waals surface area contributed by atoms with Gasteiger partial charge in [-0.05, 0) is 24.3 Å². The van der Waals surface area contributed by atoms with Gasteiger partial charge in [0.05, 0.1) is 19.9 Å². The molecular weight excluding hydrogens is 344 g/mol. The Morgan fingerprint density at radius 2 is 2.00 bits per heavy atom. The molecule has 9 heteroatoms. The van der Waals surface area contributed by atoms with Gasteiger partial charge in [-0.25, -0.2) is 4.79 Å². The van der Waals surface area contributed by atoms with Crippen molar-refractivity contribution >= 4 is 34.8 Å². The van der Waals surface area contributed by atoms with Crippen LogP contribution in [0.2, 0.25) is 0 Å². The molecule has 0 fully saturated rings. The SMILES string of the molecule is COC(=O)C=c1sc(=C(C#N)N=Nc2ccc(OC)cc2)n(C)c1=O. The zero-order chi connectivity index (χ0) is 18.4. The first-order chi connectivity index (χ1) is 12.0. The van der Waals surface area contributed by atoms with E-state index < -0.39 is 11.5 Å². The van der Waals surface area contributed by atoms with E-state index in [2.05, 4.69) is 15.0 Å². The molecule has 0 aliphatic heterocycles. The van der Waals surface area contributed by atoms with Crippen molar-refractivity contribution in [1.82, 2.24) is 4.57 Å². The molecule has 0 amide bonds. The van der Waals surface area contributed by atoms with Crippen LogP contribution in [0.1, 0.15) is 0 Å². The predicted octanol–water partition coefficient (Wildman–Crippen LogP) is 0.825. The van der Waals surface area contributed by atoms with Crippen LogP contribution in [0.3, 0.4) is 0 Å². The lowest BCUT2D eigenvalue weighted by atomic mass is 10.3. The van der Waals surface area contributed by atoms with E-state index in [1.807, 2.05) is 6.07 Å². The lowest BCUT2D eigenvalue weighted by Gasteiger charge is -1.97. The standard InChI is InChI=1S/C16H14N4O4S/c1-20-15(22)13(8-14(21)24-3)25-16(20)12(9-17)19-18-10-4-6-11(23-2)7-5-10/h4-8H,1-3H3. The minimum Gasteiger partial charge on any atom is -0.497 e. The summed E-state index contributed by atoms with van der Waals surface area (Å²) in [6.07, 6.45) is 1.08. The Hall–Kier alpha value is -3.25. The van der Waals surface area contributed by atoms with E-state index in [0.717, 1.165) is 17.4 Å². The number of nitrogens with zero attached hydrogens (tertiary/aromatic N) is 4. The molecule has 1 heterocycles. The Bertz CT molecular complexity index is 1030. The third-order valence-corrected chi connectivity index (χ3v) is 4.30. The lowest BCUT2D eigenvalue weighted by molar-refractivity contribution is -0.133. The maximum Gasteiger partial charge on any atom is 0.332 e. The van der Waals surface area contributed by atoms with Crippen molar-refractivity contribution in [2.45, 2.75) is 0 Å². The average Bonchev–Trinajstić information content (AvgIpc) is 2.91. The van der Waals surface area contributed by atoms with Gasteiger partial charge in [0.25, 0.3) is 5.56 Å². The molecule has 0 saturated carbocycles. The first kappa shape index (κ1) is 18.1. The topological polar surface area (TPSA) is 106 Å². The fourth-order valence-electron chi connectivity index (χ4n) is 1.81. The van der Waals surface area contributed by atoms with Gasteiger partial charge in [0.1, 0.15) is 21.0 Å². The largest absolute Gasteiger partial charge is 0.497 e. The smallest absolute Gasteiger partial charge is 0.332 e. The van der Waals surface area contributed by atoms with Crippen LogP contribution in [0.25, 0.3) is 11.8 Å². The van der Waals surface area contributed by atoms with Gasteiger partial charge < -0.3 is 9.47 Å². The van der Waals surface area contributed by atoms with Crippen LogP contribution < -0.4 is 19.5 Å². The summed E-state index contributed by atoms with van der Waals surface area (Å²) in [6.45, 7) is 0. The monoisotopic (exact) mass is 358 g/mol. The van der Waals surface area contributed by atoms with Crippen molar-refractivity contribution in [3.05, 3.63) is 43.8 Å². The van der Waals surface area contributed by atoms with Crippen molar-refractivity contribution in [2.24, 2.45) is 17.3 Å². The summed E-state index contributed by atoms with van der Waals surface area (Å²) in [4.78, 5) is 23.4. The summed E-state index contributed by atoms with van der Waals surface area (Å²) in [5.41, 5.74) is 0.0687. The number of hydrogen-bond donors (Lipinski definition) is 0. The van der Waals surface area contributed by atoms with Crippen LogP contribution in [0.15, 0.2) is 39.3 Å². The second kappa shape index (κ2) is 8.03. The average molecular weight is 358 g/mol. The highest BCUT2D eigenvalue weighted by atomic mass is 32.1. The third kappa shape index (κ3) is 4.19. The molecule has 1 aromatic heterocycles. The van der Waals surface area contributed by atoms with Crippen LogP contribution in [0.5, 0.6) is 5.75 Å². The van der Waals surface area contributed by atoms with Gasteiger partial charge >= 0.3 is 5.97 Å². The zero-order valence-corrected chi connectivity index (χ0v) is 14.5. The number of esters is 1. The Labute approximate surface area is 146 Å². The quantitative estimate of drug-likeness (QED) is 0.594. The number of hydrogen-bond acceptors (Lipinski definition) is 8. The molecule has 0 saturated heterocycles. The molecule has 0 unspecified atom stereocenters. The van der Waals surface area contributed by atoms with Crippen LogP contribution in [-0.4, -0.2) is 24.8 Å². The van der Waals surface area contributed by atoms with E-state index >= 15 is 0 Å². The van der Waals surface area contributed by atoms with Crippen molar-refractivity contribution in [1.29, 1.82) is 5.26 Å². The number of aromatic nitrogens is 1. The number of methoxy groups -OCH3 is 2. The van der Waals surface area contributed by atoms with Gasteiger partial charge in [-0.3, -0.25) is 9.36 Å². The van der Waals surface area contributed by atoms with Crippen molar-refractivity contribution in [3.63, 3.8) is 0 Å². The Morgan fingerprint density at radius 1 is 1.32 bits per heavy atom. The molecule has 0 N–H and O–H groups in total. The second-order valence-corrected chi connectivity index (χ2v) is 5.69. The predicted molar refractivity (Wildman–Crippen MR) is 91.8 cm³/mol. The van der Waals surface area contributed by atoms with Crippen LogP contribution in [-0.2, 0) is 16.6 Å². The van der Waals surface area contributed by atoms with Crippen LogP contribution in [0.4, 0.5) is 5.69 Å². The number of thiazole rings is 1. The van der Waals surface area contributed by atoms with Gasteiger partial charge in [0.2, 0.25) is 0 Å². The summed E-state index contributed by atoms with van der Waals surface area (Å²) in [6, 6.07) is 8.70. The van der Waals surface area contributed by atoms with Crippen molar-refractivity contribution < 1.29 is 14.3 Å². The molecule has 0 bridgehead atoms. The summed E-state index contributed by atoms with van der Waals surface area (Å²) in [7, 11) is 4.26. The van der Waals surface area contributed by atoms with Crippen LogP contribution >= 0.6 is 11.3 Å². The summed E-state index contributed by atoms with van der Waals surface area (Å²) < 4.78 is 11.2. The van der Waals surface area contributed by atoms with Gasteiger partial charge in [-0.15, -0.1) is 21.6 Å². The number of azo groups is 1. The third-order valence-electron chi connectivity index (χ3n) is 3.12. The lowest BCUT2D eigenvalue weighted by Crippen LogP contribution is -2.29. The number of ether oxygens (including phenoxy) is 2. The van der Waals surface area contributed by atoms with E-state index in [0.29, 0.717) is 16.1 Å². The van der Waals surface area contributed by atoms with Gasteiger partial charge in [-0.2, -0.15) is 5.26 Å². The highest BCUT2D eigenvalue weighted by molar-refractivity contribution is 7.07. The van der Waals surface area contributed by atoms with Crippen molar-refractivity contribution in [2.75, 3.05) is 14.2 Å². The molecule has 0 spiro atoms. The van der Waals surface area contributed by atoms with Crippen molar-refractivity contribution in [3.8, 4) is 11.8 Å². The van der Waals surface area contributed by atoms with Gasteiger partial charge in [0, 0.05) is 13.1 Å². The number of nitriles is 1. The molecule has 0 aliphatic rings. The first-order valence-corrected chi connectivity index (χ1v) is 7.77. The van der Waals surface area contributed by atoms with E-state index in [4.69, 9.17) is 4.74 Å². The molecular formula is C16H14N4O4S. The van der Waals surface area contributed by atoms with E-state index in [-0.39, 0.29) is 10.2 Å². The number of carbonyl (C=O) groups is 1. The fraction of sp³-hybridized carbons (Fsp3) is 0.188. The molecule has 128 valence electrons. The molecule has 8 nitrogen and oxygen atoms in total. The van der Waals surface area contributed by atoms with Crippen LogP contribution in [0, 0.1) is 11.3 Å². The summed E-state index contributed by atoms with van der Waals surface area (Å²) in [5.74, 6) is 0.0240. The second-order valence-electron chi connectivity index (χ2n) is 4.66. The van der Waals surface area contributed by atoms with E-state index in [1.165, 1.54) is 18.7 Å². The normalized spacial score (nSPS) is 12.8. The zero-order valence-electron chi connectivity index (χ0n) is 13.7. The Kier molecular flexibility index (Phi) is 5.81. The maximum atomic E-state index is 12.1. The number of carbonyl (C=O) groups excluding carboxylic acids is 1. The maximum absolute atomic E-state index is 12.1. The summed E-state index contributed by atoms with van der Waals surface area (Å²) in [5, 5.41) is 17.2. The fourth-order valence-corrected chi connectivity index (χ4v) is 2.80. The molecule has 1 aromatic carbocycles. The minimum atomic E-state index is -0.649. The number of rotatable bonds is 4. The van der Waals surface area contributed by atoms with E-state index in [9.17, 15) is 14.9 Å². The molecule has 2 aromatic rings. The molecule has 0 radical (unpaired) electrons. The molecule has 0 atom stereocenters. The molecule has 2 rings (SSSR count). The highest BCUT2D eigenvalue weighted by Crippen LogP contribution is 2.18. The molecule has 25 heavy (non-hydrogen) atoms. The Balaban J connectivity index is 2.52. The first-order valence-electron chi connectivity index (χ1n) is 6.96. The van der Waals surface area contributed by atoms with Gasteiger partial charge in [-0.1, -0.05) is 0 Å². The van der Waals surface area contributed by atoms with Gasteiger partial charge in [0.15, 0.2) is 5.70 Å². The molecule has 0 aliphatic carbocycles. The highest BCUT2D eigenvalue weighted by Gasteiger charge is 2.07.